The second-order valence-corrected chi connectivity index (χ2v) is 8.92. The molecule has 0 fully saturated rings. The van der Waals surface area contributed by atoms with Gasteiger partial charge in [0.1, 0.15) is 18.1 Å². The summed E-state index contributed by atoms with van der Waals surface area (Å²) in [5.74, 6) is -3.34. The van der Waals surface area contributed by atoms with Crippen molar-refractivity contribution in [1.29, 1.82) is 0 Å². The number of nitrogens with zero attached hydrogens (tertiary/aromatic N) is 1. The van der Waals surface area contributed by atoms with E-state index in [1.807, 2.05) is 13.8 Å². The van der Waals surface area contributed by atoms with Gasteiger partial charge in [-0.2, -0.15) is 12.6 Å². The summed E-state index contributed by atoms with van der Waals surface area (Å²) < 4.78 is 0. The highest BCUT2D eigenvalue weighted by Crippen LogP contribution is 2.08. The van der Waals surface area contributed by atoms with Crippen molar-refractivity contribution in [3.63, 3.8) is 0 Å². The van der Waals surface area contributed by atoms with E-state index in [1.165, 1.54) is 0 Å². The zero-order valence-electron chi connectivity index (χ0n) is 19.7. The van der Waals surface area contributed by atoms with E-state index in [0.717, 1.165) is 0 Å². The zero-order valence-corrected chi connectivity index (χ0v) is 20.6. The molecule has 0 aliphatic carbocycles. The Labute approximate surface area is 200 Å². The number of amides is 3. The van der Waals surface area contributed by atoms with Crippen LogP contribution in [0.5, 0.6) is 0 Å². The molecule has 0 aromatic rings. The van der Waals surface area contributed by atoms with Crippen LogP contribution in [-0.4, -0.2) is 71.2 Å². The summed E-state index contributed by atoms with van der Waals surface area (Å²) in [6.07, 6.45) is 0.931. The lowest BCUT2D eigenvalue weighted by Gasteiger charge is -2.27. The molecule has 4 unspecified atom stereocenters. The van der Waals surface area contributed by atoms with Crippen molar-refractivity contribution in [3.8, 4) is 0 Å². The van der Waals surface area contributed by atoms with Crippen molar-refractivity contribution in [3.05, 3.63) is 0 Å². The van der Waals surface area contributed by atoms with Gasteiger partial charge in [0.2, 0.25) is 17.7 Å². The van der Waals surface area contributed by atoms with E-state index in [-0.39, 0.29) is 36.5 Å². The Kier molecular flexibility index (Phi) is 14.1. The Balaban J connectivity index is 5.44. The Morgan fingerprint density at radius 2 is 1.52 bits per heavy atom. The highest BCUT2D eigenvalue weighted by atomic mass is 32.1. The van der Waals surface area contributed by atoms with Crippen molar-refractivity contribution in [1.82, 2.24) is 16.0 Å². The van der Waals surface area contributed by atoms with Gasteiger partial charge in [-0.15, -0.1) is 0 Å². The zero-order chi connectivity index (χ0) is 25.7. The first-order valence-electron chi connectivity index (χ1n) is 10.9. The largest absolute Gasteiger partial charge is 0.480 e. The second-order valence-electron chi connectivity index (χ2n) is 8.56. The van der Waals surface area contributed by atoms with Crippen molar-refractivity contribution < 1.29 is 24.3 Å². The van der Waals surface area contributed by atoms with Crippen LogP contribution in [0, 0.1) is 11.8 Å². The number of carboxylic acids is 1. The summed E-state index contributed by atoms with van der Waals surface area (Å²) >= 11 is 3.93. The number of rotatable bonds is 15. The number of thiol groups is 1. The molecule has 0 aliphatic heterocycles. The average Bonchev–Trinajstić information content (AvgIpc) is 2.70. The van der Waals surface area contributed by atoms with Gasteiger partial charge in [0.25, 0.3) is 0 Å². The van der Waals surface area contributed by atoms with Gasteiger partial charge in [0, 0.05) is 12.3 Å². The number of carboxylic acid groups (broad SMARTS) is 1. The first-order valence-corrected chi connectivity index (χ1v) is 11.5. The molecule has 0 bridgehead atoms. The van der Waals surface area contributed by atoms with Crippen LogP contribution in [0.2, 0.25) is 0 Å². The maximum absolute atomic E-state index is 13.0. The van der Waals surface area contributed by atoms with Crippen LogP contribution in [0.4, 0.5) is 0 Å². The third-order valence-corrected chi connectivity index (χ3v) is 5.05. The molecule has 33 heavy (non-hydrogen) atoms. The number of nitrogens with two attached hydrogens (primary N) is 3. The molecule has 4 atom stereocenters. The van der Waals surface area contributed by atoms with Crippen LogP contribution >= 0.6 is 12.6 Å². The number of aliphatic carboxylic acids is 1. The Hall–Kier alpha value is -2.54. The van der Waals surface area contributed by atoms with Crippen LogP contribution in [-0.2, 0) is 19.2 Å². The van der Waals surface area contributed by atoms with E-state index < -0.39 is 47.9 Å². The van der Waals surface area contributed by atoms with Crippen LogP contribution in [0.3, 0.4) is 0 Å². The number of hydrogen-bond acceptors (Lipinski definition) is 7. The molecule has 13 heteroatoms. The molecule has 0 heterocycles. The molecular formula is C20H39N7O5S. The molecule has 3 amide bonds. The molecule has 12 nitrogen and oxygen atoms in total. The lowest BCUT2D eigenvalue weighted by molar-refractivity contribution is -0.141. The van der Waals surface area contributed by atoms with Gasteiger partial charge in [-0.05, 0) is 31.1 Å². The van der Waals surface area contributed by atoms with E-state index in [2.05, 4.69) is 33.6 Å². The van der Waals surface area contributed by atoms with Crippen LogP contribution < -0.4 is 33.2 Å². The number of nitrogens with one attached hydrogen (secondary N) is 3. The third kappa shape index (κ3) is 12.3. The van der Waals surface area contributed by atoms with Gasteiger partial charge < -0.3 is 38.3 Å². The molecule has 10 N–H and O–H groups in total. The molecule has 0 saturated heterocycles. The SMILES string of the molecule is CC(C)CC(N)C(=O)NC(C(=O)NC(CCCN=C(N)N)C(=O)NC(CS)C(=O)O)C(C)C. The Morgan fingerprint density at radius 3 is 1.97 bits per heavy atom. The minimum absolute atomic E-state index is 0.110. The quantitative estimate of drug-likeness (QED) is 0.0587. The fourth-order valence-electron chi connectivity index (χ4n) is 2.90. The molecule has 0 saturated carbocycles. The van der Waals surface area contributed by atoms with Gasteiger partial charge in [-0.3, -0.25) is 19.4 Å². The Bertz CT molecular complexity index is 698. The van der Waals surface area contributed by atoms with Crippen LogP contribution in [0.25, 0.3) is 0 Å². The third-order valence-electron chi connectivity index (χ3n) is 4.68. The summed E-state index contributed by atoms with van der Waals surface area (Å²) in [6, 6.07) is -4.02. The van der Waals surface area contributed by atoms with E-state index >= 15 is 0 Å². The van der Waals surface area contributed by atoms with Crippen LogP contribution in [0.15, 0.2) is 4.99 Å². The molecule has 0 aromatic heterocycles. The number of hydrogen-bond donors (Lipinski definition) is 8. The molecule has 0 aromatic carbocycles. The molecule has 0 rings (SSSR count). The molecule has 0 spiro atoms. The van der Waals surface area contributed by atoms with Crippen LogP contribution in [0.1, 0.15) is 47.0 Å². The molecule has 0 aliphatic rings. The van der Waals surface area contributed by atoms with E-state index in [1.54, 1.807) is 13.8 Å². The summed E-state index contributed by atoms with van der Waals surface area (Å²) in [7, 11) is 0. The summed E-state index contributed by atoms with van der Waals surface area (Å²) in [4.78, 5) is 53.2. The summed E-state index contributed by atoms with van der Waals surface area (Å²) in [6.45, 7) is 7.56. The van der Waals surface area contributed by atoms with E-state index in [0.29, 0.717) is 12.8 Å². The summed E-state index contributed by atoms with van der Waals surface area (Å²) in [5, 5.41) is 16.8. The first kappa shape index (κ1) is 30.5. The number of carbonyl (C=O) groups excluding carboxylic acids is 3. The van der Waals surface area contributed by atoms with Gasteiger partial charge in [0.15, 0.2) is 5.96 Å². The highest BCUT2D eigenvalue weighted by Gasteiger charge is 2.31. The lowest BCUT2D eigenvalue weighted by Crippen LogP contribution is -2.58. The molecule has 0 radical (unpaired) electrons. The van der Waals surface area contributed by atoms with Crippen molar-refractivity contribution in [2.75, 3.05) is 12.3 Å². The van der Waals surface area contributed by atoms with Crippen molar-refractivity contribution >= 4 is 42.3 Å². The van der Waals surface area contributed by atoms with Crippen molar-refractivity contribution in [2.45, 2.75) is 71.1 Å². The maximum Gasteiger partial charge on any atom is 0.327 e. The van der Waals surface area contributed by atoms with Gasteiger partial charge in [-0.25, -0.2) is 4.79 Å². The van der Waals surface area contributed by atoms with Gasteiger partial charge in [0.05, 0.1) is 6.04 Å². The summed E-state index contributed by atoms with van der Waals surface area (Å²) in [5.41, 5.74) is 16.5. The minimum Gasteiger partial charge on any atom is -0.480 e. The average molecular weight is 490 g/mol. The maximum atomic E-state index is 13.0. The highest BCUT2D eigenvalue weighted by molar-refractivity contribution is 7.80. The normalized spacial score (nSPS) is 14.7. The first-order chi connectivity index (χ1) is 15.3. The molecular weight excluding hydrogens is 450 g/mol. The molecule has 190 valence electrons. The lowest BCUT2D eigenvalue weighted by atomic mass is 9.99. The van der Waals surface area contributed by atoms with E-state index in [4.69, 9.17) is 17.2 Å². The smallest absolute Gasteiger partial charge is 0.327 e. The number of guanidine groups is 1. The van der Waals surface area contributed by atoms with E-state index in [9.17, 15) is 24.3 Å². The second kappa shape index (κ2) is 15.3. The predicted octanol–water partition coefficient (Wildman–Crippen LogP) is -1.46. The predicted molar refractivity (Wildman–Crippen MR) is 129 cm³/mol. The van der Waals surface area contributed by atoms with Crippen molar-refractivity contribution in [2.24, 2.45) is 34.0 Å². The van der Waals surface area contributed by atoms with Gasteiger partial charge >= 0.3 is 5.97 Å². The topological polar surface area (TPSA) is 215 Å². The fourth-order valence-corrected chi connectivity index (χ4v) is 3.15. The number of carbonyl (C=O) groups is 4. The number of aliphatic imine (C=N–C) groups is 1. The minimum atomic E-state index is -1.25. The standard InChI is InChI=1S/C20H39N7O5S/c1-10(2)8-12(21)16(28)27-15(11(3)4)18(30)25-13(6-5-7-24-20(22)23)17(29)26-14(9-33)19(31)32/h10-15,33H,5-9,21H2,1-4H3,(H,25,30)(H,26,29)(H,27,28)(H,31,32)(H4,22,23,24). The van der Waals surface area contributed by atoms with Gasteiger partial charge in [-0.1, -0.05) is 27.7 Å². The monoisotopic (exact) mass is 489 g/mol. The Morgan fingerprint density at radius 1 is 0.939 bits per heavy atom. The fraction of sp³-hybridized carbons (Fsp3) is 0.750.